The molecule has 1 unspecified atom stereocenters. The molecule has 0 aliphatic heterocycles. The molecule has 1 aromatic carbocycles. The zero-order valence-corrected chi connectivity index (χ0v) is 22.5. The van der Waals surface area contributed by atoms with Crippen LogP contribution in [-0.4, -0.2) is 35.9 Å². The van der Waals surface area contributed by atoms with Gasteiger partial charge in [0.2, 0.25) is 5.95 Å². The van der Waals surface area contributed by atoms with Gasteiger partial charge in [-0.3, -0.25) is 4.79 Å². The van der Waals surface area contributed by atoms with Crippen LogP contribution in [0.3, 0.4) is 0 Å². The molecule has 3 rings (SSSR count). The number of nitrogens with two attached hydrogens (primary N) is 1. The topological polar surface area (TPSA) is 70.1 Å². The quantitative estimate of drug-likeness (QED) is 0.407. The second-order valence-electron chi connectivity index (χ2n) is 11.1. The number of anilines is 1. The van der Waals surface area contributed by atoms with Crippen molar-refractivity contribution in [3.05, 3.63) is 23.8 Å². The Hall–Kier alpha value is -1.73. The number of Topliss-reactive ketones (excluding diaryl/α,β-unsaturated/α-hetero) is 1. The monoisotopic (exact) mass is 475 g/mol. The average molecular weight is 476 g/mol. The van der Waals surface area contributed by atoms with Gasteiger partial charge >= 0.3 is 0 Å². The lowest BCUT2D eigenvalue weighted by Crippen LogP contribution is -2.50. The van der Waals surface area contributed by atoms with E-state index in [1.165, 1.54) is 0 Å². The van der Waals surface area contributed by atoms with Crippen LogP contribution in [0.15, 0.2) is 18.2 Å². The van der Waals surface area contributed by atoms with E-state index in [-0.39, 0.29) is 19.1 Å². The van der Waals surface area contributed by atoms with Crippen LogP contribution in [0.1, 0.15) is 85.6 Å². The number of hydrogen-bond donors (Lipinski definition) is 1. The van der Waals surface area contributed by atoms with Gasteiger partial charge in [0.1, 0.15) is 11.5 Å². The third-order valence-corrected chi connectivity index (χ3v) is 13.6. The van der Waals surface area contributed by atoms with Gasteiger partial charge in [0.25, 0.3) is 0 Å². The first kappa shape index (κ1) is 25.9. The van der Waals surface area contributed by atoms with Crippen LogP contribution < -0.4 is 5.73 Å². The smallest absolute Gasteiger partial charge is 0.201 e. The van der Waals surface area contributed by atoms with Gasteiger partial charge in [-0.2, -0.15) is 0 Å². The molecule has 1 aliphatic carbocycles. The van der Waals surface area contributed by atoms with Gasteiger partial charge in [-0.05, 0) is 54.1 Å². The van der Waals surface area contributed by atoms with E-state index >= 15 is 4.39 Å². The maximum Gasteiger partial charge on any atom is 0.201 e. The summed E-state index contributed by atoms with van der Waals surface area (Å²) in [6.45, 7) is 15.0. The number of carbonyl (C=O) groups is 1. The van der Waals surface area contributed by atoms with E-state index in [1.54, 1.807) is 11.5 Å². The molecule has 0 bridgehead atoms. The van der Waals surface area contributed by atoms with Gasteiger partial charge in [-0.15, -0.1) is 0 Å². The third-order valence-electron chi connectivity index (χ3n) is 7.58. The summed E-state index contributed by atoms with van der Waals surface area (Å²) in [5, 5.41) is 0. The first-order valence-electron chi connectivity index (χ1n) is 12.5. The number of nitrogen functional groups attached to an aromatic ring is 1. The molecule has 0 spiro atoms. The van der Waals surface area contributed by atoms with Crippen molar-refractivity contribution in [3.63, 3.8) is 0 Å². The van der Waals surface area contributed by atoms with Crippen molar-refractivity contribution in [3.8, 4) is 0 Å². The number of benzene rings is 1. The largest absolute Gasteiger partial charge is 0.413 e. The first-order chi connectivity index (χ1) is 15.4. The Balaban J connectivity index is 1.83. The van der Waals surface area contributed by atoms with Gasteiger partial charge < -0.3 is 14.7 Å². The Morgan fingerprint density at radius 1 is 1.18 bits per heavy atom. The molecule has 5 nitrogen and oxygen atoms in total. The van der Waals surface area contributed by atoms with Gasteiger partial charge in [-0.25, -0.2) is 9.37 Å². The predicted octanol–water partition coefficient (Wildman–Crippen LogP) is 6.77. The number of fused-ring (bicyclic) bond motifs is 1. The fourth-order valence-electron chi connectivity index (χ4n) is 6.03. The molecule has 2 aromatic rings. The highest BCUT2D eigenvalue weighted by molar-refractivity contribution is 6.77. The fourth-order valence-corrected chi connectivity index (χ4v) is 11.6. The van der Waals surface area contributed by atoms with Crippen molar-refractivity contribution >= 4 is 31.1 Å². The highest BCUT2D eigenvalue weighted by atomic mass is 28.4. The number of alkyl halides is 1. The van der Waals surface area contributed by atoms with Crippen molar-refractivity contribution in [2.75, 3.05) is 12.3 Å². The predicted molar refractivity (Wildman–Crippen MR) is 137 cm³/mol. The Morgan fingerprint density at radius 3 is 2.39 bits per heavy atom. The number of carbonyl (C=O) groups excluding carboxylic acids is 1. The van der Waals surface area contributed by atoms with E-state index in [9.17, 15) is 4.79 Å². The van der Waals surface area contributed by atoms with E-state index in [0.717, 1.165) is 35.9 Å². The Kier molecular flexibility index (Phi) is 7.74. The lowest BCUT2D eigenvalue weighted by atomic mass is 9.83. The summed E-state index contributed by atoms with van der Waals surface area (Å²) in [5.41, 5.74) is 8.34. The summed E-state index contributed by atoms with van der Waals surface area (Å²) < 4.78 is 24.1. The summed E-state index contributed by atoms with van der Waals surface area (Å²) in [6, 6.07) is 5.87. The Labute approximate surface area is 199 Å². The van der Waals surface area contributed by atoms with Gasteiger partial charge in [-0.1, -0.05) is 54.0 Å². The number of halogens is 1. The number of imidazole rings is 1. The molecule has 7 heteroatoms. The van der Waals surface area contributed by atoms with Crippen molar-refractivity contribution in [1.82, 2.24) is 9.55 Å². The van der Waals surface area contributed by atoms with Crippen LogP contribution in [0.4, 0.5) is 10.3 Å². The van der Waals surface area contributed by atoms with E-state index in [4.69, 9.17) is 10.2 Å². The van der Waals surface area contributed by atoms with Crippen LogP contribution >= 0.6 is 0 Å². The van der Waals surface area contributed by atoms with Crippen molar-refractivity contribution in [2.24, 2.45) is 0 Å². The molecule has 0 amide bonds. The van der Waals surface area contributed by atoms with Crippen LogP contribution in [0.25, 0.3) is 11.0 Å². The van der Waals surface area contributed by atoms with Crippen LogP contribution in [0.5, 0.6) is 0 Å². The minimum atomic E-state index is -2.17. The summed E-state index contributed by atoms with van der Waals surface area (Å²) >= 11 is 0. The molecule has 0 radical (unpaired) electrons. The van der Waals surface area contributed by atoms with Crippen molar-refractivity contribution in [2.45, 2.75) is 109 Å². The second-order valence-corrected chi connectivity index (χ2v) is 16.5. The van der Waals surface area contributed by atoms with E-state index in [0.29, 0.717) is 34.8 Å². The number of rotatable bonds is 9. The first-order valence-corrected chi connectivity index (χ1v) is 14.6. The number of aromatic nitrogens is 2. The Bertz CT molecular complexity index is 962. The molecular formula is C26H42FN3O2Si. The van der Waals surface area contributed by atoms with E-state index < -0.39 is 14.0 Å². The lowest BCUT2D eigenvalue weighted by Gasteiger charge is -2.43. The molecule has 1 aliphatic rings. The normalized spacial score (nSPS) is 19.7. The molecule has 2 atom stereocenters. The molecule has 184 valence electrons. The van der Waals surface area contributed by atoms with Gasteiger partial charge in [0.05, 0.1) is 24.2 Å². The second kappa shape index (κ2) is 9.86. The lowest BCUT2D eigenvalue weighted by molar-refractivity contribution is -0.121. The number of nitrogens with zero attached hydrogens (tertiary/aromatic N) is 2. The Morgan fingerprint density at radius 2 is 1.82 bits per heavy atom. The zero-order chi connectivity index (χ0) is 24.6. The van der Waals surface area contributed by atoms with E-state index in [2.05, 4.69) is 46.5 Å². The zero-order valence-electron chi connectivity index (χ0n) is 21.5. The minimum absolute atomic E-state index is 0.0432. The molecule has 1 heterocycles. The fraction of sp³-hybridized carbons (Fsp3) is 0.692. The summed E-state index contributed by atoms with van der Waals surface area (Å²) in [7, 11) is -2.17. The summed E-state index contributed by atoms with van der Waals surface area (Å²) in [5.74, 6) is 0.534. The van der Waals surface area contributed by atoms with Crippen molar-refractivity contribution in [1.29, 1.82) is 0 Å². The highest BCUT2D eigenvalue weighted by Gasteiger charge is 2.46. The molecule has 1 aromatic heterocycles. The summed E-state index contributed by atoms with van der Waals surface area (Å²) in [6.07, 6.45) is 3.57. The number of ketones is 1. The molecular weight excluding hydrogens is 433 g/mol. The molecule has 2 N–H and O–H groups in total. The number of hydrogen-bond acceptors (Lipinski definition) is 4. The average Bonchev–Trinajstić information content (AvgIpc) is 3.01. The molecule has 0 saturated heterocycles. The summed E-state index contributed by atoms with van der Waals surface area (Å²) in [4.78, 5) is 16.9. The van der Waals surface area contributed by atoms with Gasteiger partial charge in [0.15, 0.2) is 8.32 Å². The standard InChI is InChI=1S/C26H42FN3O2Si/c1-17(2)33(18(3)4,19(5)6)32-16-26(7,27)15-30-23-13-12-20(14-22(23)29-25(30)28)21-10-8-9-11-24(21)31/h12-14,17-19,21H,8-11,15-16H2,1-7H3,(H2,28,29)/t21?,26-/m0/s1. The van der Waals surface area contributed by atoms with Gasteiger partial charge in [0, 0.05) is 12.3 Å². The maximum atomic E-state index is 15.9. The van der Waals surface area contributed by atoms with Crippen molar-refractivity contribution < 1.29 is 13.6 Å². The SMILES string of the molecule is CC(C)[Si](OC[C@@](C)(F)Cn1c(N)nc2cc(C3CCCCC3=O)ccc21)(C(C)C)C(C)C. The van der Waals surface area contributed by atoms with Crippen LogP contribution in [0.2, 0.25) is 16.6 Å². The van der Waals surface area contributed by atoms with Crippen LogP contribution in [-0.2, 0) is 15.8 Å². The van der Waals surface area contributed by atoms with E-state index in [1.807, 2.05) is 18.2 Å². The van der Waals surface area contributed by atoms with Crippen LogP contribution in [0, 0.1) is 0 Å². The molecule has 33 heavy (non-hydrogen) atoms. The maximum absolute atomic E-state index is 15.9. The molecule has 1 fully saturated rings. The third kappa shape index (κ3) is 5.19. The minimum Gasteiger partial charge on any atom is -0.413 e. The molecule has 1 saturated carbocycles. The highest BCUT2D eigenvalue weighted by Crippen LogP contribution is 2.43.